The number of methoxy groups -OCH3 is 1. The second-order valence-electron chi connectivity index (χ2n) is 7.97. The van der Waals surface area contributed by atoms with Gasteiger partial charge < -0.3 is 29.6 Å². The Morgan fingerprint density at radius 1 is 1.08 bits per heavy atom. The van der Waals surface area contributed by atoms with Crippen molar-refractivity contribution in [2.45, 2.75) is 25.8 Å². The fourth-order valence-corrected chi connectivity index (χ4v) is 3.59. The normalized spacial score (nSPS) is 14.4. The summed E-state index contributed by atoms with van der Waals surface area (Å²) in [6, 6.07) is 9.22. The standard InChI is InChI=1S/C24H29N5O8/c1-3-36-24(34)37-29-13-11-28(12-14-29)23(33)17(9-10-20(30)31)26-22(32)18-15-19(35-2)27-21(25-18)16-7-5-4-6-8-16/h4-8,15,17H,3,9-14H2,1-2H3,(H,26,32)(H,30,31)/t17-/m0/s1. The summed E-state index contributed by atoms with van der Waals surface area (Å²) in [5.74, 6) is -1.81. The number of amides is 2. The summed E-state index contributed by atoms with van der Waals surface area (Å²) >= 11 is 0. The molecule has 1 fully saturated rings. The summed E-state index contributed by atoms with van der Waals surface area (Å²) in [6.45, 7) is 2.70. The van der Waals surface area contributed by atoms with E-state index in [-0.39, 0.29) is 63.0 Å². The number of ether oxygens (including phenoxy) is 2. The van der Waals surface area contributed by atoms with Crippen molar-refractivity contribution < 1.29 is 38.6 Å². The van der Waals surface area contributed by atoms with Crippen molar-refractivity contribution in [3.63, 3.8) is 0 Å². The van der Waals surface area contributed by atoms with Gasteiger partial charge in [-0.1, -0.05) is 30.3 Å². The van der Waals surface area contributed by atoms with Crippen molar-refractivity contribution in [1.29, 1.82) is 0 Å². The number of hydroxylamine groups is 2. The lowest BCUT2D eigenvalue weighted by atomic mass is 10.1. The SMILES string of the molecule is CCOC(=O)ON1CCN(C(=O)[C@H](CCC(=O)O)NC(=O)c2cc(OC)nc(-c3ccccc3)n2)CC1. The van der Waals surface area contributed by atoms with E-state index in [1.54, 1.807) is 31.2 Å². The van der Waals surface area contributed by atoms with Crippen LogP contribution in [0.25, 0.3) is 11.4 Å². The van der Waals surface area contributed by atoms with Gasteiger partial charge >= 0.3 is 12.1 Å². The van der Waals surface area contributed by atoms with E-state index < -0.39 is 30.0 Å². The van der Waals surface area contributed by atoms with E-state index in [0.717, 1.165) is 0 Å². The molecule has 2 heterocycles. The first kappa shape index (κ1) is 27.3. The van der Waals surface area contributed by atoms with E-state index >= 15 is 0 Å². The van der Waals surface area contributed by atoms with Crippen LogP contribution in [-0.2, 0) is 19.2 Å². The van der Waals surface area contributed by atoms with Crippen LogP contribution in [0.5, 0.6) is 5.88 Å². The number of carbonyl (C=O) groups is 4. The van der Waals surface area contributed by atoms with E-state index in [2.05, 4.69) is 15.3 Å². The molecule has 1 aliphatic rings. The number of hydrogen-bond acceptors (Lipinski definition) is 10. The monoisotopic (exact) mass is 515 g/mol. The summed E-state index contributed by atoms with van der Waals surface area (Å²) in [5, 5.41) is 13.2. The predicted molar refractivity (Wildman–Crippen MR) is 128 cm³/mol. The maximum Gasteiger partial charge on any atom is 0.527 e. The molecule has 37 heavy (non-hydrogen) atoms. The number of carboxylic acid groups (broad SMARTS) is 1. The highest BCUT2D eigenvalue weighted by molar-refractivity contribution is 5.96. The number of nitrogens with zero attached hydrogens (tertiary/aromatic N) is 4. The van der Waals surface area contributed by atoms with Gasteiger partial charge in [0.05, 0.1) is 26.8 Å². The fourth-order valence-electron chi connectivity index (χ4n) is 3.59. The molecule has 1 atom stereocenters. The number of piperazine rings is 1. The number of carbonyl (C=O) groups excluding carboxylic acids is 3. The van der Waals surface area contributed by atoms with E-state index in [4.69, 9.17) is 19.4 Å². The zero-order valence-electron chi connectivity index (χ0n) is 20.6. The largest absolute Gasteiger partial charge is 0.527 e. The van der Waals surface area contributed by atoms with Crippen LogP contribution in [0.4, 0.5) is 4.79 Å². The topological polar surface area (TPSA) is 160 Å². The molecule has 1 aromatic carbocycles. The molecule has 0 radical (unpaired) electrons. The quantitative estimate of drug-likeness (QED) is 0.440. The highest BCUT2D eigenvalue weighted by Crippen LogP contribution is 2.19. The van der Waals surface area contributed by atoms with Crippen LogP contribution in [-0.4, -0.2) is 94.9 Å². The number of aromatic nitrogens is 2. The molecule has 1 aliphatic heterocycles. The molecular formula is C24H29N5O8. The lowest BCUT2D eigenvalue weighted by molar-refractivity contribution is -0.157. The smallest absolute Gasteiger partial charge is 0.481 e. The lowest BCUT2D eigenvalue weighted by Crippen LogP contribution is -2.55. The third kappa shape index (κ3) is 7.87. The third-order valence-electron chi connectivity index (χ3n) is 5.44. The molecule has 2 N–H and O–H groups in total. The van der Waals surface area contributed by atoms with E-state index in [1.807, 2.05) is 6.07 Å². The minimum atomic E-state index is -1.11. The third-order valence-corrected chi connectivity index (χ3v) is 5.44. The van der Waals surface area contributed by atoms with Crippen molar-refractivity contribution in [3.8, 4) is 17.3 Å². The van der Waals surface area contributed by atoms with Gasteiger partial charge in [0.1, 0.15) is 11.7 Å². The van der Waals surface area contributed by atoms with E-state index in [0.29, 0.717) is 5.56 Å². The average molecular weight is 516 g/mol. The molecule has 1 saturated heterocycles. The van der Waals surface area contributed by atoms with Gasteiger partial charge in [0.25, 0.3) is 5.91 Å². The average Bonchev–Trinajstić information content (AvgIpc) is 2.91. The van der Waals surface area contributed by atoms with Crippen molar-refractivity contribution in [2.75, 3.05) is 39.9 Å². The van der Waals surface area contributed by atoms with Gasteiger partial charge in [-0.2, -0.15) is 4.98 Å². The Balaban J connectivity index is 1.72. The minimum Gasteiger partial charge on any atom is -0.481 e. The summed E-state index contributed by atoms with van der Waals surface area (Å²) < 4.78 is 9.96. The van der Waals surface area contributed by atoms with Gasteiger partial charge in [-0.25, -0.2) is 9.78 Å². The van der Waals surface area contributed by atoms with Crippen LogP contribution in [0.1, 0.15) is 30.3 Å². The Morgan fingerprint density at radius 2 is 1.78 bits per heavy atom. The Hall–Kier alpha value is -4.26. The highest BCUT2D eigenvalue weighted by Gasteiger charge is 2.31. The molecule has 0 unspecified atom stereocenters. The number of carboxylic acids is 1. The highest BCUT2D eigenvalue weighted by atomic mass is 16.8. The van der Waals surface area contributed by atoms with Crippen molar-refractivity contribution in [1.82, 2.24) is 25.2 Å². The first-order valence-electron chi connectivity index (χ1n) is 11.7. The van der Waals surface area contributed by atoms with Crippen LogP contribution in [0.15, 0.2) is 36.4 Å². The first-order valence-corrected chi connectivity index (χ1v) is 11.7. The van der Waals surface area contributed by atoms with Gasteiger partial charge in [0.15, 0.2) is 5.82 Å². The Morgan fingerprint density at radius 3 is 2.41 bits per heavy atom. The second kappa shape index (κ2) is 13.2. The maximum atomic E-state index is 13.2. The van der Waals surface area contributed by atoms with Crippen molar-refractivity contribution >= 4 is 23.9 Å². The summed E-state index contributed by atoms with van der Waals surface area (Å²) in [5.41, 5.74) is 0.628. The van der Waals surface area contributed by atoms with Gasteiger partial charge in [-0.3, -0.25) is 14.4 Å². The molecular weight excluding hydrogens is 486 g/mol. The molecule has 1 aromatic heterocycles. The minimum absolute atomic E-state index is 0.0357. The molecule has 0 spiro atoms. The Kier molecular flexibility index (Phi) is 9.72. The molecule has 2 amide bonds. The van der Waals surface area contributed by atoms with Crippen LogP contribution in [0.3, 0.4) is 0 Å². The van der Waals surface area contributed by atoms with E-state index in [1.165, 1.54) is 23.1 Å². The Labute approximate surface area is 213 Å². The van der Waals surface area contributed by atoms with Crippen LogP contribution >= 0.6 is 0 Å². The van der Waals surface area contributed by atoms with Gasteiger partial charge in [-0.15, -0.1) is 5.06 Å². The molecule has 0 bridgehead atoms. The Bertz CT molecular complexity index is 1110. The molecule has 0 saturated carbocycles. The fraction of sp³-hybridized carbons (Fsp3) is 0.417. The second-order valence-corrected chi connectivity index (χ2v) is 7.97. The zero-order valence-corrected chi connectivity index (χ0v) is 20.6. The predicted octanol–water partition coefficient (Wildman–Crippen LogP) is 1.35. The number of rotatable bonds is 10. The lowest BCUT2D eigenvalue weighted by Gasteiger charge is -2.35. The van der Waals surface area contributed by atoms with Crippen LogP contribution in [0, 0.1) is 0 Å². The van der Waals surface area contributed by atoms with Gasteiger partial charge in [-0.05, 0) is 13.3 Å². The summed E-state index contributed by atoms with van der Waals surface area (Å²) in [6.07, 6.45) is -1.28. The van der Waals surface area contributed by atoms with Gasteiger partial charge in [0, 0.05) is 31.1 Å². The molecule has 198 valence electrons. The molecule has 13 heteroatoms. The van der Waals surface area contributed by atoms with Crippen molar-refractivity contribution in [2.24, 2.45) is 0 Å². The number of benzene rings is 1. The first-order chi connectivity index (χ1) is 17.8. The summed E-state index contributed by atoms with van der Waals surface area (Å²) in [7, 11) is 1.41. The summed E-state index contributed by atoms with van der Waals surface area (Å²) in [4.78, 5) is 64.2. The van der Waals surface area contributed by atoms with E-state index in [9.17, 15) is 19.2 Å². The molecule has 0 aliphatic carbocycles. The molecule has 3 rings (SSSR count). The maximum absolute atomic E-state index is 13.2. The van der Waals surface area contributed by atoms with Crippen LogP contribution in [0.2, 0.25) is 0 Å². The van der Waals surface area contributed by atoms with Crippen LogP contribution < -0.4 is 10.1 Å². The van der Waals surface area contributed by atoms with Crippen molar-refractivity contribution in [3.05, 3.63) is 42.1 Å². The number of hydrogen-bond donors (Lipinski definition) is 2. The molecule has 13 nitrogen and oxygen atoms in total. The number of nitrogens with one attached hydrogen (secondary N) is 1. The number of aliphatic carboxylic acids is 1. The van der Waals surface area contributed by atoms with Gasteiger partial charge in [0.2, 0.25) is 11.8 Å². The molecule has 2 aromatic rings. The zero-order chi connectivity index (χ0) is 26.8.